The Labute approximate surface area is 120 Å². The topological polar surface area (TPSA) is 62.2 Å². The lowest BCUT2D eigenvalue weighted by molar-refractivity contribution is -0.0914. The third-order valence-electron chi connectivity index (χ3n) is 3.91. The molecule has 1 N–H and O–H groups in total. The standard InChI is InChI=1S/C14H26N2O4/c1-13(2,3)20-12(18)16-9-14(10-16)5-6-15(8-14)7-11(17)19-4/h11,17H,5-10H2,1-4H3. The molecular formula is C14H26N2O4. The zero-order valence-corrected chi connectivity index (χ0v) is 12.9. The molecule has 2 heterocycles. The fourth-order valence-electron chi connectivity index (χ4n) is 2.96. The van der Waals surface area contributed by atoms with Gasteiger partial charge in [-0.25, -0.2) is 4.79 Å². The zero-order chi connectivity index (χ0) is 15.0. The second kappa shape index (κ2) is 5.50. The first-order valence-electron chi connectivity index (χ1n) is 7.14. The van der Waals surface area contributed by atoms with Crippen LogP contribution in [-0.4, -0.2) is 72.7 Å². The van der Waals surface area contributed by atoms with E-state index in [4.69, 9.17) is 9.47 Å². The van der Waals surface area contributed by atoms with Gasteiger partial charge in [-0.1, -0.05) is 0 Å². The van der Waals surface area contributed by atoms with E-state index in [9.17, 15) is 9.90 Å². The van der Waals surface area contributed by atoms with Crippen LogP contribution < -0.4 is 0 Å². The number of likely N-dealkylation sites (tertiary alicyclic amines) is 2. The Morgan fingerprint density at radius 3 is 2.55 bits per heavy atom. The van der Waals surface area contributed by atoms with Crippen LogP contribution in [0.4, 0.5) is 4.79 Å². The lowest BCUT2D eigenvalue weighted by Gasteiger charge is -2.48. The van der Waals surface area contributed by atoms with Gasteiger partial charge in [0.05, 0.1) is 0 Å². The third-order valence-corrected chi connectivity index (χ3v) is 3.91. The summed E-state index contributed by atoms with van der Waals surface area (Å²) in [6, 6.07) is 0. The fraction of sp³-hybridized carbons (Fsp3) is 0.929. The maximum Gasteiger partial charge on any atom is 0.410 e. The van der Waals surface area contributed by atoms with E-state index < -0.39 is 11.9 Å². The SMILES string of the molecule is COC(O)CN1CCC2(C1)CN(C(=O)OC(C)(C)C)C2. The molecule has 1 unspecified atom stereocenters. The van der Waals surface area contributed by atoms with Gasteiger partial charge in [0.1, 0.15) is 5.60 Å². The minimum Gasteiger partial charge on any atom is -0.444 e. The van der Waals surface area contributed by atoms with E-state index >= 15 is 0 Å². The Bertz CT molecular complexity index is 361. The van der Waals surface area contributed by atoms with Gasteiger partial charge in [-0.2, -0.15) is 0 Å². The summed E-state index contributed by atoms with van der Waals surface area (Å²) in [6.45, 7) is 9.53. The van der Waals surface area contributed by atoms with Crippen molar-refractivity contribution in [1.82, 2.24) is 9.80 Å². The van der Waals surface area contributed by atoms with Crippen molar-refractivity contribution in [1.29, 1.82) is 0 Å². The average molecular weight is 286 g/mol. The van der Waals surface area contributed by atoms with Gasteiger partial charge in [-0.3, -0.25) is 4.90 Å². The number of hydrogen-bond donors (Lipinski definition) is 1. The molecule has 1 amide bonds. The molecule has 0 bridgehead atoms. The molecule has 0 aromatic rings. The number of carbonyl (C=O) groups is 1. The molecule has 0 radical (unpaired) electrons. The number of methoxy groups -OCH3 is 1. The lowest BCUT2D eigenvalue weighted by atomic mass is 9.79. The summed E-state index contributed by atoms with van der Waals surface area (Å²) >= 11 is 0. The highest BCUT2D eigenvalue weighted by Gasteiger charge is 2.50. The Balaban J connectivity index is 1.77. The van der Waals surface area contributed by atoms with E-state index in [0.29, 0.717) is 6.54 Å². The van der Waals surface area contributed by atoms with Crippen LogP contribution in [0.1, 0.15) is 27.2 Å². The predicted molar refractivity (Wildman–Crippen MR) is 74.3 cm³/mol. The molecule has 2 aliphatic heterocycles. The summed E-state index contributed by atoms with van der Waals surface area (Å²) in [4.78, 5) is 15.9. The first-order valence-corrected chi connectivity index (χ1v) is 7.14. The molecule has 2 aliphatic rings. The molecule has 0 aromatic heterocycles. The average Bonchev–Trinajstić information content (AvgIpc) is 2.68. The Kier molecular flexibility index (Phi) is 4.27. The van der Waals surface area contributed by atoms with Crippen LogP contribution in [0.5, 0.6) is 0 Å². The van der Waals surface area contributed by atoms with Gasteiger partial charge in [-0.05, 0) is 33.7 Å². The number of aliphatic hydroxyl groups excluding tert-OH is 1. The number of ether oxygens (including phenoxy) is 2. The van der Waals surface area contributed by atoms with Crippen molar-refractivity contribution in [3.63, 3.8) is 0 Å². The highest BCUT2D eigenvalue weighted by atomic mass is 16.6. The summed E-state index contributed by atoms with van der Waals surface area (Å²) in [5.74, 6) is 0. The summed E-state index contributed by atoms with van der Waals surface area (Å²) in [5.41, 5.74) is -0.255. The normalized spacial score (nSPS) is 23.8. The van der Waals surface area contributed by atoms with Gasteiger partial charge >= 0.3 is 6.09 Å². The molecule has 20 heavy (non-hydrogen) atoms. The summed E-state index contributed by atoms with van der Waals surface area (Å²) in [7, 11) is 1.50. The Morgan fingerprint density at radius 1 is 1.35 bits per heavy atom. The maximum atomic E-state index is 11.9. The molecular weight excluding hydrogens is 260 g/mol. The fourth-order valence-corrected chi connectivity index (χ4v) is 2.96. The maximum absolute atomic E-state index is 11.9. The highest BCUT2D eigenvalue weighted by Crippen LogP contribution is 2.40. The first-order chi connectivity index (χ1) is 9.23. The van der Waals surface area contributed by atoms with Gasteiger partial charge in [0, 0.05) is 38.7 Å². The van der Waals surface area contributed by atoms with Crippen molar-refractivity contribution in [3.05, 3.63) is 0 Å². The lowest BCUT2D eigenvalue weighted by Crippen LogP contribution is -2.60. The number of rotatable bonds is 3. The summed E-state index contributed by atoms with van der Waals surface area (Å²) in [5, 5.41) is 9.50. The van der Waals surface area contributed by atoms with E-state index in [-0.39, 0.29) is 11.5 Å². The van der Waals surface area contributed by atoms with Crippen molar-refractivity contribution in [3.8, 4) is 0 Å². The van der Waals surface area contributed by atoms with Crippen molar-refractivity contribution < 1.29 is 19.4 Å². The second-order valence-electron chi connectivity index (χ2n) is 7.01. The third kappa shape index (κ3) is 3.62. The van der Waals surface area contributed by atoms with Gasteiger partial charge in [0.15, 0.2) is 6.29 Å². The number of hydrogen-bond acceptors (Lipinski definition) is 5. The molecule has 0 aliphatic carbocycles. The molecule has 6 nitrogen and oxygen atoms in total. The second-order valence-corrected chi connectivity index (χ2v) is 7.01. The Morgan fingerprint density at radius 2 is 2.00 bits per heavy atom. The van der Waals surface area contributed by atoms with E-state index in [0.717, 1.165) is 32.6 Å². The molecule has 2 saturated heterocycles. The number of carbonyl (C=O) groups excluding carboxylic acids is 1. The van der Waals surface area contributed by atoms with Gasteiger partial charge in [0.2, 0.25) is 0 Å². The van der Waals surface area contributed by atoms with Crippen LogP contribution in [0.25, 0.3) is 0 Å². The van der Waals surface area contributed by atoms with Crippen molar-refractivity contribution in [2.24, 2.45) is 5.41 Å². The largest absolute Gasteiger partial charge is 0.444 e. The van der Waals surface area contributed by atoms with Crippen molar-refractivity contribution in [2.75, 3.05) is 39.8 Å². The zero-order valence-electron chi connectivity index (χ0n) is 12.9. The van der Waals surface area contributed by atoms with E-state index in [1.165, 1.54) is 7.11 Å². The molecule has 1 spiro atoms. The van der Waals surface area contributed by atoms with Gasteiger partial charge in [0.25, 0.3) is 0 Å². The van der Waals surface area contributed by atoms with Crippen molar-refractivity contribution in [2.45, 2.75) is 39.1 Å². The van der Waals surface area contributed by atoms with E-state index in [1.54, 1.807) is 4.90 Å². The van der Waals surface area contributed by atoms with E-state index in [2.05, 4.69) is 4.90 Å². The minimum atomic E-state index is -0.729. The van der Waals surface area contributed by atoms with Crippen LogP contribution in [0.3, 0.4) is 0 Å². The van der Waals surface area contributed by atoms with Crippen LogP contribution in [0, 0.1) is 5.41 Å². The molecule has 6 heteroatoms. The summed E-state index contributed by atoms with van der Waals surface area (Å²) < 4.78 is 10.2. The van der Waals surface area contributed by atoms with Crippen LogP contribution in [0.2, 0.25) is 0 Å². The molecule has 2 rings (SSSR count). The Hall–Kier alpha value is -0.850. The van der Waals surface area contributed by atoms with E-state index in [1.807, 2.05) is 20.8 Å². The quantitative estimate of drug-likeness (QED) is 0.781. The van der Waals surface area contributed by atoms with Crippen LogP contribution in [0.15, 0.2) is 0 Å². The number of aliphatic hydroxyl groups is 1. The van der Waals surface area contributed by atoms with Gasteiger partial charge < -0.3 is 19.5 Å². The molecule has 0 aromatic carbocycles. The first kappa shape index (κ1) is 15.5. The smallest absolute Gasteiger partial charge is 0.410 e. The molecule has 2 fully saturated rings. The van der Waals surface area contributed by atoms with Crippen molar-refractivity contribution >= 4 is 6.09 Å². The molecule has 0 saturated carbocycles. The number of β-amino-alcohol motifs (C(OH)–C–C–N with tert-alkyl or cyclic N) is 1. The number of amides is 1. The summed E-state index contributed by atoms with van der Waals surface area (Å²) in [6.07, 6.45) is 0.105. The predicted octanol–water partition coefficient (Wildman–Crippen LogP) is 0.894. The van der Waals surface area contributed by atoms with Crippen LogP contribution >= 0.6 is 0 Å². The highest BCUT2D eigenvalue weighted by molar-refractivity contribution is 5.69. The number of nitrogens with zero attached hydrogens (tertiary/aromatic N) is 2. The minimum absolute atomic E-state index is 0.185. The monoisotopic (exact) mass is 286 g/mol. The van der Waals surface area contributed by atoms with Gasteiger partial charge in [-0.15, -0.1) is 0 Å². The van der Waals surface area contributed by atoms with Crippen LogP contribution in [-0.2, 0) is 9.47 Å². The molecule has 116 valence electrons. The molecule has 1 atom stereocenters.